The summed E-state index contributed by atoms with van der Waals surface area (Å²) in [5.74, 6) is 1.59. The second-order valence-electron chi connectivity index (χ2n) is 4.82. The third kappa shape index (κ3) is 3.31. The fraction of sp³-hybridized carbons (Fsp3) is 0.294. The van der Waals surface area contributed by atoms with Gasteiger partial charge in [-0.15, -0.1) is 0 Å². The Morgan fingerprint density at radius 1 is 1.05 bits per heavy atom. The van der Waals surface area contributed by atoms with Crippen LogP contribution in [0.3, 0.4) is 0 Å². The van der Waals surface area contributed by atoms with Gasteiger partial charge in [0.25, 0.3) is 0 Å². The molecule has 0 amide bonds. The Balaban J connectivity index is 2.09. The van der Waals surface area contributed by atoms with Crippen LogP contribution in [0.15, 0.2) is 42.5 Å². The number of methoxy groups -OCH3 is 1. The van der Waals surface area contributed by atoms with E-state index < -0.39 is 6.10 Å². The number of hydrogen-bond acceptors (Lipinski definition) is 3. The van der Waals surface area contributed by atoms with Gasteiger partial charge in [-0.3, -0.25) is 0 Å². The number of aryl methyl sites for hydroxylation is 2. The summed E-state index contributed by atoms with van der Waals surface area (Å²) in [5, 5.41) is 10.3. The van der Waals surface area contributed by atoms with Crippen molar-refractivity contribution in [2.24, 2.45) is 0 Å². The molecule has 0 spiro atoms. The van der Waals surface area contributed by atoms with Crippen LogP contribution in [0.4, 0.5) is 0 Å². The Bertz CT molecular complexity index is 564. The van der Waals surface area contributed by atoms with Crippen molar-refractivity contribution in [3.8, 4) is 11.5 Å². The molecule has 1 unspecified atom stereocenters. The van der Waals surface area contributed by atoms with Crippen LogP contribution < -0.4 is 9.47 Å². The molecule has 3 nitrogen and oxygen atoms in total. The number of ether oxygens (including phenoxy) is 2. The number of aliphatic hydroxyl groups is 1. The highest BCUT2D eigenvalue weighted by molar-refractivity contribution is 5.42. The highest BCUT2D eigenvalue weighted by atomic mass is 16.5. The third-order valence-electron chi connectivity index (χ3n) is 3.29. The van der Waals surface area contributed by atoms with Crippen LogP contribution in [-0.4, -0.2) is 18.8 Å². The molecule has 0 saturated carbocycles. The number of rotatable bonds is 5. The van der Waals surface area contributed by atoms with Gasteiger partial charge in [-0.1, -0.05) is 18.2 Å². The lowest BCUT2D eigenvalue weighted by molar-refractivity contribution is 0.107. The largest absolute Gasteiger partial charge is 0.496 e. The molecule has 3 heteroatoms. The number of para-hydroxylation sites is 1. The number of aliphatic hydroxyl groups excluding tert-OH is 1. The average molecular weight is 272 g/mol. The van der Waals surface area contributed by atoms with Gasteiger partial charge < -0.3 is 14.6 Å². The molecule has 0 radical (unpaired) electrons. The summed E-state index contributed by atoms with van der Waals surface area (Å²) in [5.41, 5.74) is 2.88. The van der Waals surface area contributed by atoms with E-state index in [0.717, 1.165) is 28.2 Å². The van der Waals surface area contributed by atoms with Crippen LogP contribution in [0.1, 0.15) is 22.8 Å². The van der Waals surface area contributed by atoms with E-state index in [0.29, 0.717) is 0 Å². The van der Waals surface area contributed by atoms with Gasteiger partial charge in [-0.25, -0.2) is 0 Å². The van der Waals surface area contributed by atoms with E-state index in [1.165, 1.54) is 0 Å². The van der Waals surface area contributed by atoms with Crippen molar-refractivity contribution >= 4 is 0 Å². The first-order chi connectivity index (χ1) is 9.61. The summed E-state index contributed by atoms with van der Waals surface area (Å²) in [6.45, 7) is 4.16. The fourth-order valence-corrected chi connectivity index (χ4v) is 2.17. The molecule has 2 aromatic carbocycles. The minimum absolute atomic E-state index is 0.233. The molecule has 2 aromatic rings. The molecule has 0 aliphatic rings. The first-order valence-corrected chi connectivity index (χ1v) is 6.63. The molecule has 1 atom stereocenters. The first-order valence-electron chi connectivity index (χ1n) is 6.63. The molecule has 0 heterocycles. The monoisotopic (exact) mass is 272 g/mol. The van der Waals surface area contributed by atoms with Gasteiger partial charge in [0.15, 0.2) is 0 Å². The van der Waals surface area contributed by atoms with Crippen molar-refractivity contribution < 1.29 is 14.6 Å². The Morgan fingerprint density at radius 3 is 2.40 bits per heavy atom. The number of benzene rings is 2. The SMILES string of the molecule is COc1cc(C)c(C(O)COc2ccccc2)cc1C. The topological polar surface area (TPSA) is 38.7 Å². The Hall–Kier alpha value is -2.00. The predicted octanol–water partition coefficient (Wildman–Crippen LogP) is 3.42. The Kier molecular flexibility index (Phi) is 4.64. The molecule has 0 aromatic heterocycles. The van der Waals surface area contributed by atoms with E-state index in [4.69, 9.17) is 9.47 Å². The molecular formula is C17H20O3. The van der Waals surface area contributed by atoms with E-state index in [-0.39, 0.29) is 6.61 Å². The van der Waals surface area contributed by atoms with Crippen LogP contribution in [-0.2, 0) is 0 Å². The van der Waals surface area contributed by atoms with Crippen molar-refractivity contribution in [3.63, 3.8) is 0 Å². The van der Waals surface area contributed by atoms with Crippen LogP contribution in [0.2, 0.25) is 0 Å². The van der Waals surface area contributed by atoms with Crippen molar-refractivity contribution in [2.75, 3.05) is 13.7 Å². The standard InChI is InChI=1S/C17H20O3/c1-12-10-17(19-3)13(2)9-15(12)16(18)11-20-14-7-5-4-6-8-14/h4-10,16,18H,11H2,1-3H3. The second-order valence-corrected chi connectivity index (χ2v) is 4.82. The maximum atomic E-state index is 10.3. The van der Waals surface area contributed by atoms with Crippen LogP contribution >= 0.6 is 0 Å². The van der Waals surface area contributed by atoms with Crippen LogP contribution in [0.25, 0.3) is 0 Å². The molecule has 1 N–H and O–H groups in total. The minimum atomic E-state index is -0.653. The molecule has 20 heavy (non-hydrogen) atoms. The number of hydrogen-bond donors (Lipinski definition) is 1. The van der Waals surface area contributed by atoms with E-state index >= 15 is 0 Å². The predicted molar refractivity (Wildman–Crippen MR) is 79.4 cm³/mol. The zero-order valence-corrected chi connectivity index (χ0v) is 12.1. The summed E-state index contributed by atoms with van der Waals surface area (Å²) in [4.78, 5) is 0. The highest BCUT2D eigenvalue weighted by Crippen LogP contribution is 2.27. The fourth-order valence-electron chi connectivity index (χ4n) is 2.17. The molecule has 0 aliphatic heterocycles. The lowest BCUT2D eigenvalue weighted by atomic mass is 10.0. The zero-order chi connectivity index (χ0) is 14.5. The normalized spacial score (nSPS) is 12.0. The molecule has 106 valence electrons. The molecule has 0 bridgehead atoms. The summed E-state index contributed by atoms with van der Waals surface area (Å²) >= 11 is 0. The maximum absolute atomic E-state index is 10.3. The van der Waals surface area contributed by atoms with Crippen LogP contribution in [0, 0.1) is 13.8 Å². The highest BCUT2D eigenvalue weighted by Gasteiger charge is 2.14. The first kappa shape index (κ1) is 14.4. The third-order valence-corrected chi connectivity index (χ3v) is 3.29. The van der Waals surface area contributed by atoms with Gasteiger partial charge in [0.1, 0.15) is 24.2 Å². The Labute approximate surface area is 119 Å². The lowest BCUT2D eigenvalue weighted by Gasteiger charge is -2.17. The van der Waals surface area contributed by atoms with Gasteiger partial charge >= 0.3 is 0 Å². The molecule has 0 saturated heterocycles. The van der Waals surface area contributed by atoms with E-state index in [1.54, 1.807) is 7.11 Å². The van der Waals surface area contributed by atoms with Gasteiger partial charge in [0.2, 0.25) is 0 Å². The van der Waals surface area contributed by atoms with Crippen molar-refractivity contribution in [1.29, 1.82) is 0 Å². The van der Waals surface area contributed by atoms with Gasteiger partial charge in [-0.2, -0.15) is 0 Å². The van der Waals surface area contributed by atoms with Gasteiger partial charge in [0.05, 0.1) is 7.11 Å². The quantitative estimate of drug-likeness (QED) is 0.906. The summed E-state index contributed by atoms with van der Waals surface area (Å²) in [6.07, 6.45) is -0.653. The summed E-state index contributed by atoms with van der Waals surface area (Å²) in [6, 6.07) is 13.4. The maximum Gasteiger partial charge on any atom is 0.122 e. The zero-order valence-electron chi connectivity index (χ0n) is 12.1. The van der Waals surface area contributed by atoms with Gasteiger partial charge in [-0.05, 0) is 54.8 Å². The van der Waals surface area contributed by atoms with Crippen molar-refractivity contribution in [3.05, 3.63) is 59.2 Å². The van der Waals surface area contributed by atoms with E-state index in [9.17, 15) is 5.11 Å². The second kappa shape index (κ2) is 6.44. The smallest absolute Gasteiger partial charge is 0.122 e. The summed E-state index contributed by atoms with van der Waals surface area (Å²) in [7, 11) is 1.65. The van der Waals surface area contributed by atoms with Gasteiger partial charge in [0, 0.05) is 0 Å². The molecule has 2 rings (SSSR count). The van der Waals surface area contributed by atoms with E-state index in [2.05, 4.69) is 0 Å². The molecular weight excluding hydrogens is 252 g/mol. The Morgan fingerprint density at radius 2 is 1.75 bits per heavy atom. The van der Waals surface area contributed by atoms with E-state index in [1.807, 2.05) is 56.3 Å². The molecule has 0 fully saturated rings. The van der Waals surface area contributed by atoms with Crippen molar-refractivity contribution in [2.45, 2.75) is 20.0 Å². The lowest BCUT2D eigenvalue weighted by Crippen LogP contribution is -2.11. The van der Waals surface area contributed by atoms with Crippen molar-refractivity contribution in [1.82, 2.24) is 0 Å². The minimum Gasteiger partial charge on any atom is -0.496 e. The average Bonchev–Trinajstić information content (AvgIpc) is 2.47. The van der Waals surface area contributed by atoms with Crippen LogP contribution in [0.5, 0.6) is 11.5 Å². The summed E-state index contributed by atoms with van der Waals surface area (Å²) < 4.78 is 10.9. The molecule has 0 aliphatic carbocycles.